The van der Waals surface area contributed by atoms with Crippen LogP contribution < -0.4 is 10.6 Å². The Morgan fingerprint density at radius 2 is 1.95 bits per heavy atom. The third-order valence-corrected chi connectivity index (χ3v) is 4.65. The van der Waals surface area contributed by atoms with Gasteiger partial charge in [-0.1, -0.05) is 25.0 Å². The maximum absolute atomic E-state index is 5.66. The van der Waals surface area contributed by atoms with Crippen LogP contribution in [-0.4, -0.2) is 5.11 Å². The zero-order valence-corrected chi connectivity index (χ0v) is 13.9. The molecular formula is C18H22N2OS. The standard InChI is InChI=1S/C18H22N2OS/c1-13-7-8-14(2)15(12-13)19-17(22)20-18(9-3-4-10-18)16-6-5-11-21-16/h5-8,11-12H,3-4,9-10H2,1-2H3,(H2,19,20,22). The minimum Gasteiger partial charge on any atom is -0.467 e. The first-order valence-electron chi connectivity index (χ1n) is 7.79. The van der Waals surface area contributed by atoms with E-state index in [0.29, 0.717) is 5.11 Å². The molecule has 22 heavy (non-hydrogen) atoms. The van der Waals surface area contributed by atoms with Crippen LogP contribution >= 0.6 is 12.2 Å². The van der Waals surface area contributed by atoms with Gasteiger partial charge in [0, 0.05) is 5.69 Å². The molecule has 1 aromatic heterocycles. The highest BCUT2D eigenvalue weighted by Crippen LogP contribution is 2.39. The first-order valence-corrected chi connectivity index (χ1v) is 8.20. The van der Waals surface area contributed by atoms with Crippen LogP contribution in [0.4, 0.5) is 5.69 Å². The molecule has 3 nitrogen and oxygen atoms in total. The molecular weight excluding hydrogens is 292 g/mol. The Bertz CT molecular complexity index is 658. The highest BCUT2D eigenvalue weighted by molar-refractivity contribution is 7.80. The molecule has 1 aromatic carbocycles. The van der Waals surface area contributed by atoms with Gasteiger partial charge < -0.3 is 15.1 Å². The minimum atomic E-state index is -0.161. The molecule has 3 rings (SSSR count). The fourth-order valence-corrected chi connectivity index (χ4v) is 3.51. The Hall–Kier alpha value is -1.81. The second-order valence-electron chi connectivity index (χ2n) is 6.16. The highest BCUT2D eigenvalue weighted by atomic mass is 32.1. The number of aryl methyl sites for hydroxylation is 2. The van der Waals surface area contributed by atoms with Crippen molar-refractivity contribution in [3.05, 3.63) is 53.5 Å². The van der Waals surface area contributed by atoms with Gasteiger partial charge in [0.15, 0.2) is 5.11 Å². The maximum Gasteiger partial charge on any atom is 0.171 e. The van der Waals surface area contributed by atoms with Crippen molar-refractivity contribution in [1.82, 2.24) is 5.32 Å². The molecule has 2 aromatic rings. The summed E-state index contributed by atoms with van der Waals surface area (Å²) in [5.74, 6) is 0.982. The zero-order valence-electron chi connectivity index (χ0n) is 13.1. The van der Waals surface area contributed by atoms with Gasteiger partial charge in [-0.3, -0.25) is 0 Å². The van der Waals surface area contributed by atoms with Gasteiger partial charge in [-0.2, -0.15) is 0 Å². The topological polar surface area (TPSA) is 37.2 Å². The first kappa shape index (κ1) is 15.1. The minimum absolute atomic E-state index is 0.161. The van der Waals surface area contributed by atoms with Gasteiger partial charge in [0.1, 0.15) is 5.76 Å². The molecule has 1 fully saturated rings. The van der Waals surface area contributed by atoms with E-state index in [1.807, 2.05) is 12.1 Å². The van der Waals surface area contributed by atoms with E-state index in [9.17, 15) is 0 Å². The second-order valence-corrected chi connectivity index (χ2v) is 6.57. The molecule has 0 unspecified atom stereocenters. The number of rotatable bonds is 3. The highest BCUT2D eigenvalue weighted by Gasteiger charge is 2.38. The average Bonchev–Trinajstić information content (AvgIpc) is 3.14. The first-order chi connectivity index (χ1) is 10.6. The van der Waals surface area contributed by atoms with E-state index in [1.165, 1.54) is 24.0 Å². The maximum atomic E-state index is 5.66. The number of furan rings is 1. The van der Waals surface area contributed by atoms with Crippen LogP contribution in [0.1, 0.15) is 42.6 Å². The molecule has 0 radical (unpaired) electrons. The third-order valence-electron chi connectivity index (χ3n) is 4.44. The fourth-order valence-electron chi connectivity index (χ4n) is 3.20. The summed E-state index contributed by atoms with van der Waals surface area (Å²) >= 11 is 5.56. The molecule has 0 aliphatic heterocycles. The van der Waals surface area contributed by atoms with Gasteiger partial charge in [-0.05, 0) is 68.2 Å². The normalized spacial score (nSPS) is 16.5. The summed E-state index contributed by atoms with van der Waals surface area (Å²) in [6, 6.07) is 10.3. The molecule has 4 heteroatoms. The summed E-state index contributed by atoms with van der Waals surface area (Å²) in [5.41, 5.74) is 3.31. The van der Waals surface area contributed by atoms with Crippen molar-refractivity contribution >= 4 is 23.0 Å². The van der Waals surface area contributed by atoms with E-state index in [1.54, 1.807) is 6.26 Å². The quantitative estimate of drug-likeness (QED) is 0.809. The molecule has 116 valence electrons. The molecule has 0 bridgehead atoms. The molecule has 0 saturated heterocycles. The van der Waals surface area contributed by atoms with E-state index >= 15 is 0 Å². The molecule has 0 amide bonds. The SMILES string of the molecule is Cc1ccc(C)c(NC(=S)NC2(c3ccco3)CCCC2)c1. The van der Waals surface area contributed by atoms with Crippen molar-refractivity contribution in [3.8, 4) is 0 Å². The van der Waals surface area contributed by atoms with Gasteiger partial charge in [0.05, 0.1) is 11.8 Å². The number of hydrogen-bond acceptors (Lipinski definition) is 2. The summed E-state index contributed by atoms with van der Waals surface area (Å²) in [4.78, 5) is 0. The smallest absolute Gasteiger partial charge is 0.171 e. The molecule has 1 saturated carbocycles. The lowest BCUT2D eigenvalue weighted by molar-refractivity contribution is 0.317. The predicted octanol–water partition coefficient (Wildman–Crippen LogP) is 4.65. The summed E-state index contributed by atoms with van der Waals surface area (Å²) in [5, 5.41) is 7.52. The van der Waals surface area contributed by atoms with E-state index < -0.39 is 0 Å². The number of benzene rings is 1. The predicted molar refractivity (Wildman–Crippen MR) is 94.1 cm³/mol. The Labute approximate surface area is 137 Å². The zero-order chi connectivity index (χ0) is 15.6. The van der Waals surface area contributed by atoms with Crippen molar-refractivity contribution in [1.29, 1.82) is 0 Å². The van der Waals surface area contributed by atoms with E-state index in [4.69, 9.17) is 16.6 Å². The third kappa shape index (κ3) is 3.02. The average molecular weight is 314 g/mol. The van der Waals surface area contributed by atoms with Gasteiger partial charge in [0.2, 0.25) is 0 Å². The van der Waals surface area contributed by atoms with E-state index in [0.717, 1.165) is 24.3 Å². The van der Waals surface area contributed by atoms with Crippen molar-refractivity contribution in [2.24, 2.45) is 0 Å². The van der Waals surface area contributed by atoms with Gasteiger partial charge in [-0.15, -0.1) is 0 Å². The molecule has 1 aliphatic rings. The molecule has 2 N–H and O–H groups in total. The molecule has 0 atom stereocenters. The van der Waals surface area contributed by atoms with Crippen LogP contribution in [0.3, 0.4) is 0 Å². The molecule has 1 heterocycles. The Morgan fingerprint density at radius 1 is 1.18 bits per heavy atom. The van der Waals surface area contributed by atoms with Crippen LogP contribution in [-0.2, 0) is 5.54 Å². The largest absolute Gasteiger partial charge is 0.467 e. The summed E-state index contributed by atoms with van der Waals surface area (Å²) in [6.07, 6.45) is 6.22. The number of nitrogens with one attached hydrogen (secondary N) is 2. The fraction of sp³-hybridized carbons (Fsp3) is 0.389. The van der Waals surface area contributed by atoms with Crippen molar-refractivity contribution in [2.75, 3.05) is 5.32 Å². The van der Waals surface area contributed by atoms with Crippen LogP contribution in [0, 0.1) is 13.8 Å². The van der Waals surface area contributed by atoms with Gasteiger partial charge >= 0.3 is 0 Å². The second kappa shape index (κ2) is 6.13. The lowest BCUT2D eigenvalue weighted by atomic mass is 9.94. The van der Waals surface area contributed by atoms with E-state index in [2.05, 4.69) is 42.7 Å². The Morgan fingerprint density at radius 3 is 2.64 bits per heavy atom. The van der Waals surface area contributed by atoms with Gasteiger partial charge in [-0.25, -0.2) is 0 Å². The lowest BCUT2D eigenvalue weighted by Crippen LogP contribution is -2.45. The van der Waals surface area contributed by atoms with Crippen LogP contribution in [0.2, 0.25) is 0 Å². The van der Waals surface area contributed by atoms with Crippen LogP contribution in [0.25, 0.3) is 0 Å². The van der Waals surface area contributed by atoms with Crippen molar-refractivity contribution < 1.29 is 4.42 Å². The monoisotopic (exact) mass is 314 g/mol. The lowest BCUT2D eigenvalue weighted by Gasteiger charge is -2.30. The summed E-state index contributed by atoms with van der Waals surface area (Å²) in [6.45, 7) is 4.17. The Balaban J connectivity index is 1.76. The van der Waals surface area contributed by atoms with Crippen LogP contribution in [0.5, 0.6) is 0 Å². The Kier molecular flexibility index (Phi) is 4.21. The molecule has 0 spiro atoms. The van der Waals surface area contributed by atoms with Crippen LogP contribution in [0.15, 0.2) is 41.0 Å². The summed E-state index contributed by atoms with van der Waals surface area (Å²) in [7, 11) is 0. The summed E-state index contributed by atoms with van der Waals surface area (Å²) < 4.78 is 5.66. The van der Waals surface area contributed by atoms with Gasteiger partial charge in [0.25, 0.3) is 0 Å². The molecule has 1 aliphatic carbocycles. The van der Waals surface area contributed by atoms with Crippen molar-refractivity contribution in [3.63, 3.8) is 0 Å². The number of hydrogen-bond donors (Lipinski definition) is 2. The van der Waals surface area contributed by atoms with Crippen molar-refractivity contribution in [2.45, 2.75) is 45.1 Å². The number of anilines is 1. The van der Waals surface area contributed by atoms with E-state index in [-0.39, 0.29) is 5.54 Å². The number of thiocarbonyl (C=S) groups is 1.